The van der Waals surface area contributed by atoms with E-state index in [2.05, 4.69) is 10.3 Å². The highest BCUT2D eigenvalue weighted by Gasteiger charge is 2.26. The normalized spacial score (nSPS) is 16.6. The van der Waals surface area contributed by atoms with E-state index in [0.717, 1.165) is 16.9 Å². The fourth-order valence-corrected chi connectivity index (χ4v) is 3.14. The zero-order valence-electron chi connectivity index (χ0n) is 11.1. The third-order valence-electron chi connectivity index (χ3n) is 3.04. The molecule has 20 heavy (non-hydrogen) atoms. The molecule has 0 bridgehead atoms. The van der Waals surface area contributed by atoms with E-state index in [1.807, 2.05) is 19.9 Å². The quantitative estimate of drug-likeness (QED) is 0.920. The Labute approximate surface area is 125 Å². The highest BCUT2D eigenvalue weighted by atomic mass is 35.5. The van der Waals surface area contributed by atoms with E-state index >= 15 is 0 Å². The van der Waals surface area contributed by atoms with Gasteiger partial charge in [0.15, 0.2) is 5.13 Å². The third-order valence-corrected chi connectivity index (χ3v) is 4.09. The molecule has 104 valence electrons. The van der Waals surface area contributed by atoms with Crippen molar-refractivity contribution < 1.29 is 9.53 Å². The molecule has 1 aromatic carbocycles. The number of aryl methyl sites for hydroxylation is 1. The van der Waals surface area contributed by atoms with Gasteiger partial charge in [-0.3, -0.25) is 10.1 Å². The van der Waals surface area contributed by atoms with Crippen LogP contribution in [0.4, 0.5) is 5.13 Å². The summed E-state index contributed by atoms with van der Waals surface area (Å²) in [4.78, 5) is 17.5. The van der Waals surface area contributed by atoms with Crippen molar-refractivity contribution in [3.63, 3.8) is 0 Å². The van der Waals surface area contributed by atoms with Crippen molar-refractivity contribution in [2.24, 2.45) is 0 Å². The van der Waals surface area contributed by atoms with Crippen molar-refractivity contribution >= 4 is 34.0 Å². The van der Waals surface area contributed by atoms with Gasteiger partial charge in [-0.2, -0.15) is 0 Å². The molecule has 2 aromatic rings. The van der Waals surface area contributed by atoms with E-state index in [0.29, 0.717) is 21.5 Å². The minimum Gasteiger partial charge on any atom is -0.489 e. The summed E-state index contributed by atoms with van der Waals surface area (Å²) in [5.74, 6) is 0.389. The first kappa shape index (κ1) is 13.4. The molecule has 0 aliphatic carbocycles. The molecule has 1 N–H and O–H groups in total. The van der Waals surface area contributed by atoms with Crippen molar-refractivity contribution in [3.05, 3.63) is 39.4 Å². The van der Waals surface area contributed by atoms with Crippen LogP contribution in [0.2, 0.25) is 5.02 Å². The van der Waals surface area contributed by atoms with Gasteiger partial charge in [-0.1, -0.05) is 11.6 Å². The molecule has 1 aromatic heterocycles. The summed E-state index contributed by atoms with van der Waals surface area (Å²) in [6.45, 7) is 3.91. The van der Waals surface area contributed by atoms with Crippen LogP contribution in [0.1, 0.15) is 27.7 Å². The molecular formula is C14H13ClN2O2S. The molecule has 1 amide bonds. The number of nitrogens with one attached hydrogen (secondary N) is 1. The SMILES string of the molecule is Cc1cnc(NC(=O)c2cc(Cl)cc3c2O[C@H](C)C3)s1. The maximum Gasteiger partial charge on any atom is 0.261 e. The molecule has 0 radical (unpaired) electrons. The van der Waals surface area contributed by atoms with Crippen molar-refractivity contribution in [3.8, 4) is 5.75 Å². The Morgan fingerprint density at radius 1 is 1.55 bits per heavy atom. The van der Waals surface area contributed by atoms with Crippen LogP contribution in [0.5, 0.6) is 5.75 Å². The second kappa shape index (κ2) is 5.07. The Bertz CT molecular complexity index is 684. The summed E-state index contributed by atoms with van der Waals surface area (Å²) < 4.78 is 5.72. The first-order chi connectivity index (χ1) is 9.52. The molecule has 0 fully saturated rings. The third kappa shape index (κ3) is 2.51. The summed E-state index contributed by atoms with van der Waals surface area (Å²) in [5, 5.41) is 3.90. The van der Waals surface area contributed by atoms with E-state index in [4.69, 9.17) is 16.3 Å². The first-order valence-electron chi connectivity index (χ1n) is 6.26. The van der Waals surface area contributed by atoms with Gasteiger partial charge in [0.05, 0.1) is 5.56 Å². The van der Waals surface area contributed by atoms with Gasteiger partial charge in [0.2, 0.25) is 0 Å². The minimum atomic E-state index is -0.243. The summed E-state index contributed by atoms with van der Waals surface area (Å²) in [5.41, 5.74) is 1.44. The molecule has 0 spiro atoms. The van der Waals surface area contributed by atoms with Crippen molar-refractivity contribution in [2.45, 2.75) is 26.4 Å². The number of anilines is 1. The lowest BCUT2D eigenvalue weighted by Crippen LogP contribution is -2.14. The Morgan fingerprint density at radius 3 is 3.05 bits per heavy atom. The van der Waals surface area contributed by atoms with Crippen molar-refractivity contribution in [1.29, 1.82) is 0 Å². The summed E-state index contributed by atoms with van der Waals surface area (Å²) in [7, 11) is 0. The Morgan fingerprint density at radius 2 is 2.35 bits per heavy atom. The number of thiazole rings is 1. The van der Waals surface area contributed by atoms with Crippen LogP contribution in [-0.4, -0.2) is 17.0 Å². The minimum absolute atomic E-state index is 0.0668. The monoisotopic (exact) mass is 308 g/mol. The summed E-state index contributed by atoms with van der Waals surface area (Å²) in [6.07, 6.45) is 2.56. The number of ether oxygens (including phenoxy) is 1. The molecule has 6 heteroatoms. The van der Waals surface area contributed by atoms with Gasteiger partial charge < -0.3 is 4.74 Å². The molecule has 2 heterocycles. The molecule has 3 rings (SSSR count). The Kier molecular flexibility index (Phi) is 3.40. The second-order valence-electron chi connectivity index (χ2n) is 4.80. The lowest BCUT2D eigenvalue weighted by atomic mass is 10.1. The van der Waals surface area contributed by atoms with Gasteiger partial charge in [0, 0.05) is 28.1 Å². The van der Waals surface area contributed by atoms with Crippen LogP contribution >= 0.6 is 22.9 Å². The number of aromatic nitrogens is 1. The number of nitrogens with zero attached hydrogens (tertiary/aromatic N) is 1. The lowest BCUT2D eigenvalue weighted by molar-refractivity contribution is 0.102. The zero-order valence-corrected chi connectivity index (χ0v) is 12.6. The van der Waals surface area contributed by atoms with E-state index in [-0.39, 0.29) is 12.0 Å². The molecule has 4 nitrogen and oxygen atoms in total. The van der Waals surface area contributed by atoms with Gasteiger partial charge in [0.25, 0.3) is 5.91 Å². The molecule has 1 atom stereocenters. The van der Waals surface area contributed by atoms with Crippen LogP contribution in [0, 0.1) is 6.92 Å². The van der Waals surface area contributed by atoms with Crippen molar-refractivity contribution in [1.82, 2.24) is 4.98 Å². The molecular weight excluding hydrogens is 296 g/mol. The number of fused-ring (bicyclic) bond motifs is 1. The highest BCUT2D eigenvalue weighted by Crippen LogP contribution is 2.35. The smallest absolute Gasteiger partial charge is 0.261 e. The van der Waals surface area contributed by atoms with Crippen LogP contribution in [0.15, 0.2) is 18.3 Å². The number of hydrogen-bond donors (Lipinski definition) is 1. The average Bonchev–Trinajstić information content (AvgIpc) is 2.93. The lowest BCUT2D eigenvalue weighted by Gasteiger charge is -2.09. The summed E-state index contributed by atoms with van der Waals surface area (Å²) >= 11 is 7.51. The largest absolute Gasteiger partial charge is 0.489 e. The number of hydrogen-bond acceptors (Lipinski definition) is 4. The average molecular weight is 309 g/mol. The Balaban J connectivity index is 1.92. The van der Waals surface area contributed by atoms with Crippen LogP contribution in [0.25, 0.3) is 0 Å². The molecule has 1 aliphatic heterocycles. The fourth-order valence-electron chi connectivity index (χ4n) is 2.24. The molecule has 0 saturated carbocycles. The van der Waals surface area contributed by atoms with Crippen LogP contribution in [0.3, 0.4) is 0 Å². The van der Waals surface area contributed by atoms with E-state index in [9.17, 15) is 4.79 Å². The molecule has 0 saturated heterocycles. The number of amides is 1. The molecule has 1 aliphatic rings. The molecule has 0 unspecified atom stereocenters. The predicted molar refractivity (Wildman–Crippen MR) is 80.1 cm³/mol. The number of rotatable bonds is 2. The van der Waals surface area contributed by atoms with Gasteiger partial charge >= 0.3 is 0 Å². The number of benzene rings is 1. The van der Waals surface area contributed by atoms with Crippen molar-refractivity contribution in [2.75, 3.05) is 5.32 Å². The van der Waals surface area contributed by atoms with E-state index < -0.39 is 0 Å². The van der Waals surface area contributed by atoms with Gasteiger partial charge in [-0.15, -0.1) is 11.3 Å². The summed E-state index contributed by atoms with van der Waals surface area (Å²) in [6, 6.07) is 3.49. The maximum absolute atomic E-state index is 12.4. The fraction of sp³-hybridized carbons (Fsp3) is 0.286. The predicted octanol–water partition coefficient (Wildman–Crippen LogP) is 3.68. The van der Waals surface area contributed by atoms with E-state index in [1.165, 1.54) is 11.3 Å². The van der Waals surface area contributed by atoms with Gasteiger partial charge in [-0.25, -0.2) is 4.98 Å². The zero-order chi connectivity index (χ0) is 14.3. The van der Waals surface area contributed by atoms with Gasteiger partial charge in [0.1, 0.15) is 11.9 Å². The second-order valence-corrected chi connectivity index (χ2v) is 6.48. The Hall–Kier alpha value is -1.59. The number of halogens is 1. The first-order valence-corrected chi connectivity index (χ1v) is 7.45. The van der Waals surface area contributed by atoms with E-state index in [1.54, 1.807) is 12.3 Å². The standard InChI is InChI=1S/C14H13ClN2O2S/c1-7-3-9-4-10(15)5-11(12(9)19-7)13(18)17-14-16-6-8(2)20-14/h4-7H,3H2,1-2H3,(H,16,17,18)/t7-/m1/s1. The highest BCUT2D eigenvalue weighted by molar-refractivity contribution is 7.15. The number of carbonyl (C=O) groups excluding carboxylic acids is 1. The maximum atomic E-state index is 12.4. The van der Waals surface area contributed by atoms with Crippen LogP contribution < -0.4 is 10.1 Å². The van der Waals surface area contributed by atoms with Crippen LogP contribution in [-0.2, 0) is 6.42 Å². The topological polar surface area (TPSA) is 51.2 Å². The van der Waals surface area contributed by atoms with Gasteiger partial charge in [-0.05, 0) is 26.0 Å². The number of carbonyl (C=O) groups is 1.